The predicted molar refractivity (Wildman–Crippen MR) is 86.9 cm³/mol. The van der Waals surface area contributed by atoms with Crippen LogP contribution in [0.2, 0.25) is 5.02 Å². The maximum Gasteiger partial charge on any atom is 0.240 e. The minimum atomic E-state index is -0.133. The van der Waals surface area contributed by atoms with Gasteiger partial charge in [0.1, 0.15) is 0 Å². The highest BCUT2D eigenvalue weighted by molar-refractivity contribution is 6.30. The van der Waals surface area contributed by atoms with E-state index in [0.717, 1.165) is 11.3 Å². The van der Waals surface area contributed by atoms with Crippen molar-refractivity contribution >= 4 is 23.4 Å². The van der Waals surface area contributed by atoms with Crippen LogP contribution in [0.15, 0.2) is 34.9 Å². The molecule has 2 aromatic rings. The van der Waals surface area contributed by atoms with Crippen molar-refractivity contribution in [3.63, 3.8) is 0 Å². The van der Waals surface area contributed by atoms with E-state index in [-0.39, 0.29) is 18.5 Å². The second-order valence-electron chi connectivity index (χ2n) is 5.51. The van der Waals surface area contributed by atoms with Gasteiger partial charge in [-0.1, -0.05) is 28.9 Å². The molecule has 2 rings (SSSR count). The molecule has 22 heavy (non-hydrogen) atoms. The quantitative estimate of drug-likeness (QED) is 0.885. The molecule has 1 amide bonds. The smallest absolute Gasteiger partial charge is 0.240 e. The largest absolute Gasteiger partial charge is 0.338 e. The number of carbonyl (C=O) groups excluding carboxylic acids is 1. The van der Waals surface area contributed by atoms with Gasteiger partial charge in [-0.3, -0.25) is 15.0 Å². The van der Waals surface area contributed by atoms with Gasteiger partial charge >= 0.3 is 0 Å². The van der Waals surface area contributed by atoms with Crippen molar-refractivity contribution in [2.24, 2.45) is 0 Å². The lowest BCUT2D eigenvalue weighted by Gasteiger charge is -2.25. The topological polar surface area (TPSA) is 58.4 Å². The van der Waals surface area contributed by atoms with Crippen LogP contribution in [0.1, 0.15) is 25.1 Å². The van der Waals surface area contributed by atoms with Crippen molar-refractivity contribution in [3.05, 3.63) is 46.6 Å². The lowest BCUT2D eigenvalue weighted by molar-refractivity contribution is -0.118. The number of hydrogen-bond acceptors (Lipinski definition) is 4. The van der Waals surface area contributed by atoms with Crippen LogP contribution in [0.25, 0.3) is 0 Å². The molecule has 5 nitrogen and oxygen atoms in total. The first-order valence-electron chi connectivity index (χ1n) is 7.15. The number of carbonyl (C=O) groups is 1. The van der Waals surface area contributed by atoms with Gasteiger partial charge in [-0.15, -0.1) is 0 Å². The summed E-state index contributed by atoms with van der Waals surface area (Å²) >= 11 is 6.01. The third-order valence-electron chi connectivity index (χ3n) is 3.24. The van der Waals surface area contributed by atoms with Crippen LogP contribution >= 0.6 is 11.6 Å². The third-order valence-corrected chi connectivity index (χ3v) is 3.48. The summed E-state index contributed by atoms with van der Waals surface area (Å²) in [7, 11) is 0. The summed E-state index contributed by atoms with van der Waals surface area (Å²) in [4.78, 5) is 14.2. The molecule has 0 unspecified atom stereocenters. The van der Waals surface area contributed by atoms with Gasteiger partial charge in [-0.2, -0.15) is 0 Å². The number of amides is 1. The average molecular weight is 322 g/mol. The molecular formula is C16H20ClN3O2. The van der Waals surface area contributed by atoms with Crippen molar-refractivity contribution in [2.45, 2.75) is 33.4 Å². The van der Waals surface area contributed by atoms with Crippen LogP contribution in [0.4, 0.5) is 5.88 Å². The fourth-order valence-corrected chi connectivity index (χ4v) is 2.29. The number of hydrogen-bond donors (Lipinski definition) is 1. The number of nitrogens with one attached hydrogen (secondary N) is 1. The average Bonchev–Trinajstić information content (AvgIpc) is 2.83. The molecule has 0 saturated carbocycles. The van der Waals surface area contributed by atoms with Crippen LogP contribution in [-0.4, -0.2) is 28.6 Å². The Morgan fingerprint density at radius 1 is 1.41 bits per heavy atom. The SMILES string of the molecule is Cc1cc(NC(=O)CN(Cc2cccc(Cl)c2)C(C)C)on1. The summed E-state index contributed by atoms with van der Waals surface area (Å²) in [5.74, 6) is 0.237. The predicted octanol–water partition coefficient (Wildman–Crippen LogP) is 3.49. The molecule has 1 aromatic heterocycles. The maximum atomic E-state index is 12.1. The van der Waals surface area contributed by atoms with Crippen LogP contribution in [0.5, 0.6) is 0 Å². The Morgan fingerprint density at radius 3 is 2.77 bits per heavy atom. The first kappa shape index (κ1) is 16.5. The molecular weight excluding hydrogens is 302 g/mol. The van der Waals surface area contributed by atoms with E-state index in [0.29, 0.717) is 17.5 Å². The molecule has 1 N–H and O–H groups in total. The Bertz CT molecular complexity index is 640. The highest BCUT2D eigenvalue weighted by Gasteiger charge is 2.16. The van der Waals surface area contributed by atoms with Crippen LogP contribution in [-0.2, 0) is 11.3 Å². The highest BCUT2D eigenvalue weighted by Crippen LogP contribution is 2.14. The number of halogens is 1. The zero-order valence-electron chi connectivity index (χ0n) is 13.0. The molecule has 0 fully saturated rings. The minimum Gasteiger partial charge on any atom is -0.338 e. The fraction of sp³-hybridized carbons (Fsp3) is 0.375. The number of aryl methyl sites for hydroxylation is 1. The van der Waals surface area contributed by atoms with Gasteiger partial charge in [0, 0.05) is 23.7 Å². The van der Waals surface area contributed by atoms with Gasteiger partial charge < -0.3 is 4.52 Å². The Hall–Kier alpha value is -1.85. The molecule has 1 aromatic carbocycles. The summed E-state index contributed by atoms with van der Waals surface area (Å²) in [5.41, 5.74) is 1.81. The van der Waals surface area contributed by atoms with E-state index in [1.54, 1.807) is 13.0 Å². The first-order chi connectivity index (χ1) is 10.4. The second-order valence-corrected chi connectivity index (χ2v) is 5.95. The van der Waals surface area contributed by atoms with Crippen molar-refractivity contribution in [2.75, 3.05) is 11.9 Å². The molecule has 0 atom stereocenters. The summed E-state index contributed by atoms with van der Waals surface area (Å²) in [6.45, 7) is 6.83. The molecule has 0 radical (unpaired) electrons. The van der Waals surface area contributed by atoms with Gasteiger partial charge in [0.05, 0.1) is 12.2 Å². The van der Waals surface area contributed by atoms with E-state index >= 15 is 0 Å². The molecule has 0 aliphatic heterocycles. The molecule has 0 spiro atoms. The summed E-state index contributed by atoms with van der Waals surface area (Å²) in [5, 5.41) is 7.15. The van der Waals surface area contributed by atoms with Crippen molar-refractivity contribution < 1.29 is 9.32 Å². The van der Waals surface area contributed by atoms with Crippen LogP contribution in [0.3, 0.4) is 0 Å². The van der Waals surface area contributed by atoms with Gasteiger partial charge in [-0.05, 0) is 38.5 Å². The lowest BCUT2D eigenvalue weighted by Crippen LogP contribution is -2.37. The summed E-state index contributed by atoms with van der Waals surface area (Å²) in [6.07, 6.45) is 0. The molecule has 0 saturated heterocycles. The standard InChI is InChI=1S/C16H20ClN3O2/c1-11(2)20(9-13-5-4-6-14(17)8-13)10-15(21)18-16-7-12(3)19-22-16/h4-8,11H,9-10H2,1-3H3,(H,18,21). The fourth-order valence-electron chi connectivity index (χ4n) is 2.07. The van der Waals surface area contributed by atoms with E-state index in [4.69, 9.17) is 16.1 Å². The Morgan fingerprint density at radius 2 is 2.18 bits per heavy atom. The molecule has 0 aliphatic rings. The number of aromatic nitrogens is 1. The molecule has 0 bridgehead atoms. The molecule has 6 heteroatoms. The van der Waals surface area contributed by atoms with Gasteiger partial charge in [-0.25, -0.2) is 0 Å². The van der Waals surface area contributed by atoms with Gasteiger partial charge in [0.2, 0.25) is 11.8 Å². The number of benzene rings is 1. The van der Waals surface area contributed by atoms with Crippen LogP contribution < -0.4 is 5.32 Å². The summed E-state index contributed by atoms with van der Waals surface area (Å²) < 4.78 is 4.99. The van der Waals surface area contributed by atoms with Gasteiger partial charge in [0.15, 0.2) is 0 Å². The number of anilines is 1. The number of nitrogens with zero attached hydrogens (tertiary/aromatic N) is 2. The van der Waals surface area contributed by atoms with E-state index in [1.807, 2.05) is 24.3 Å². The minimum absolute atomic E-state index is 0.133. The number of rotatable bonds is 6. The van der Waals surface area contributed by atoms with Crippen LogP contribution in [0, 0.1) is 6.92 Å². The van der Waals surface area contributed by atoms with E-state index < -0.39 is 0 Å². The monoisotopic (exact) mass is 321 g/mol. The van der Waals surface area contributed by atoms with Crippen molar-refractivity contribution in [1.29, 1.82) is 0 Å². The first-order valence-corrected chi connectivity index (χ1v) is 7.53. The molecule has 118 valence electrons. The zero-order chi connectivity index (χ0) is 16.1. The van der Waals surface area contributed by atoms with E-state index in [1.165, 1.54) is 0 Å². The lowest BCUT2D eigenvalue weighted by atomic mass is 10.2. The third kappa shape index (κ3) is 4.86. The normalized spacial score (nSPS) is 11.2. The summed E-state index contributed by atoms with van der Waals surface area (Å²) in [6, 6.07) is 9.57. The Labute approximate surface area is 135 Å². The molecule has 1 heterocycles. The second kappa shape index (κ2) is 7.42. The van der Waals surface area contributed by atoms with E-state index in [2.05, 4.69) is 29.2 Å². The van der Waals surface area contributed by atoms with Crippen molar-refractivity contribution in [1.82, 2.24) is 10.1 Å². The zero-order valence-corrected chi connectivity index (χ0v) is 13.7. The highest BCUT2D eigenvalue weighted by atomic mass is 35.5. The Balaban J connectivity index is 1.97. The van der Waals surface area contributed by atoms with Gasteiger partial charge in [0.25, 0.3) is 0 Å². The maximum absolute atomic E-state index is 12.1. The Kier molecular flexibility index (Phi) is 5.57. The van der Waals surface area contributed by atoms with Crippen molar-refractivity contribution in [3.8, 4) is 0 Å². The van der Waals surface area contributed by atoms with E-state index in [9.17, 15) is 4.79 Å². The molecule has 0 aliphatic carbocycles.